The van der Waals surface area contributed by atoms with Gasteiger partial charge in [0.1, 0.15) is 5.82 Å². The van der Waals surface area contributed by atoms with Crippen LogP contribution in [0.3, 0.4) is 0 Å². The maximum atomic E-state index is 5.99. The van der Waals surface area contributed by atoms with Gasteiger partial charge in [-0.05, 0) is 39.4 Å². The molecule has 3 fully saturated rings. The molecule has 0 spiro atoms. The molecule has 0 unspecified atom stereocenters. The number of nitrogens with zero attached hydrogens (tertiary/aromatic N) is 5. The predicted octanol–water partition coefficient (Wildman–Crippen LogP) is 0.779. The highest BCUT2D eigenvalue weighted by molar-refractivity contribution is 5.45. The first kappa shape index (κ1) is 17.0. The van der Waals surface area contributed by atoms with E-state index in [2.05, 4.69) is 37.8 Å². The number of piperazine rings is 1. The van der Waals surface area contributed by atoms with Gasteiger partial charge in [0.05, 0.1) is 12.3 Å². The zero-order valence-corrected chi connectivity index (χ0v) is 15.2. The SMILES string of the molecule is CN1CCC(N2CCN(c3cc([C@H]4CCOC4)nc(N)n3)CC2)CC1. The summed E-state index contributed by atoms with van der Waals surface area (Å²) in [4.78, 5) is 16.4. The average Bonchev–Trinajstić information content (AvgIpc) is 3.17. The molecule has 2 N–H and O–H groups in total. The standard InChI is InChI=1S/C18H30N6O/c1-22-5-2-15(3-6-22)23-7-9-24(10-8-23)17-12-16(20-18(19)21-17)14-4-11-25-13-14/h12,14-15H,2-11,13H2,1H3,(H2,19,20,21)/t14-/m0/s1. The summed E-state index contributed by atoms with van der Waals surface area (Å²) in [6, 6.07) is 2.88. The Bertz CT molecular complexity index is 575. The summed E-state index contributed by atoms with van der Waals surface area (Å²) in [5.74, 6) is 1.74. The number of nitrogens with two attached hydrogens (primary N) is 1. The van der Waals surface area contributed by atoms with Gasteiger partial charge in [0.25, 0.3) is 0 Å². The van der Waals surface area contributed by atoms with Crippen LogP contribution in [0, 0.1) is 0 Å². The van der Waals surface area contributed by atoms with E-state index in [1.54, 1.807) is 0 Å². The fourth-order valence-electron chi connectivity index (χ4n) is 4.29. The molecule has 138 valence electrons. The van der Waals surface area contributed by atoms with E-state index in [0.29, 0.717) is 11.9 Å². The number of hydrogen-bond donors (Lipinski definition) is 1. The number of ether oxygens (including phenoxy) is 1. The molecule has 0 aromatic carbocycles. The van der Waals surface area contributed by atoms with Crippen LogP contribution in [0.5, 0.6) is 0 Å². The summed E-state index contributed by atoms with van der Waals surface area (Å²) in [5, 5.41) is 0. The minimum absolute atomic E-state index is 0.365. The Labute approximate surface area is 150 Å². The van der Waals surface area contributed by atoms with Gasteiger partial charge in [-0.3, -0.25) is 4.90 Å². The molecule has 3 aliphatic rings. The van der Waals surface area contributed by atoms with Gasteiger partial charge in [-0.15, -0.1) is 0 Å². The fraction of sp³-hybridized carbons (Fsp3) is 0.778. The lowest BCUT2D eigenvalue weighted by Gasteiger charge is -2.42. The van der Waals surface area contributed by atoms with Crippen molar-refractivity contribution in [3.05, 3.63) is 11.8 Å². The molecule has 4 rings (SSSR count). The number of rotatable bonds is 3. The molecule has 0 aliphatic carbocycles. The van der Waals surface area contributed by atoms with Crippen molar-refractivity contribution < 1.29 is 4.74 Å². The molecule has 0 saturated carbocycles. The van der Waals surface area contributed by atoms with Crippen molar-refractivity contribution in [3.8, 4) is 0 Å². The molecular formula is C18H30N6O. The van der Waals surface area contributed by atoms with Gasteiger partial charge in [-0.2, -0.15) is 4.98 Å². The molecule has 7 nitrogen and oxygen atoms in total. The molecule has 3 saturated heterocycles. The van der Waals surface area contributed by atoms with E-state index in [1.165, 1.54) is 25.9 Å². The lowest BCUT2D eigenvalue weighted by molar-refractivity contribution is 0.115. The maximum absolute atomic E-state index is 5.99. The van der Waals surface area contributed by atoms with Gasteiger partial charge in [-0.1, -0.05) is 0 Å². The summed E-state index contributed by atoms with van der Waals surface area (Å²) < 4.78 is 5.50. The van der Waals surface area contributed by atoms with Crippen LogP contribution in [-0.2, 0) is 4.74 Å². The number of piperidine rings is 1. The van der Waals surface area contributed by atoms with Crippen LogP contribution in [-0.4, -0.2) is 85.3 Å². The van der Waals surface area contributed by atoms with Crippen LogP contribution in [0.1, 0.15) is 30.9 Å². The molecule has 25 heavy (non-hydrogen) atoms. The Morgan fingerprint density at radius 1 is 1.04 bits per heavy atom. The topological polar surface area (TPSA) is 70.8 Å². The van der Waals surface area contributed by atoms with Gasteiger partial charge in [-0.25, -0.2) is 4.98 Å². The molecule has 0 bridgehead atoms. The first-order valence-corrected chi connectivity index (χ1v) is 9.59. The summed E-state index contributed by atoms with van der Waals surface area (Å²) in [5.41, 5.74) is 7.03. The highest BCUT2D eigenvalue weighted by Gasteiger charge is 2.28. The molecule has 0 amide bonds. The van der Waals surface area contributed by atoms with E-state index >= 15 is 0 Å². The van der Waals surface area contributed by atoms with Gasteiger partial charge in [0.15, 0.2) is 0 Å². The van der Waals surface area contributed by atoms with Gasteiger partial charge >= 0.3 is 0 Å². The van der Waals surface area contributed by atoms with Crippen molar-refractivity contribution in [2.75, 3.05) is 70.2 Å². The first-order chi connectivity index (χ1) is 12.2. The maximum Gasteiger partial charge on any atom is 0.222 e. The van der Waals surface area contributed by atoms with Crippen molar-refractivity contribution >= 4 is 11.8 Å². The third-order valence-corrected chi connectivity index (χ3v) is 5.94. The number of likely N-dealkylation sites (tertiary alicyclic amines) is 1. The lowest BCUT2D eigenvalue weighted by atomic mass is 10.0. The van der Waals surface area contributed by atoms with Crippen LogP contribution in [0.15, 0.2) is 6.07 Å². The van der Waals surface area contributed by atoms with E-state index in [9.17, 15) is 0 Å². The van der Waals surface area contributed by atoms with Crippen molar-refractivity contribution in [1.82, 2.24) is 19.8 Å². The summed E-state index contributed by atoms with van der Waals surface area (Å²) in [6.07, 6.45) is 3.62. The van der Waals surface area contributed by atoms with Gasteiger partial charge < -0.3 is 20.3 Å². The second-order valence-corrected chi connectivity index (χ2v) is 7.63. The van der Waals surface area contributed by atoms with Crippen LogP contribution >= 0.6 is 0 Å². The second kappa shape index (κ2) is 7.43. The van der Waals surface area contributed by atoms with Crippen molar-refractivity contribution in [2.45, 2.75) is 31.2 Å². The minimum atomic E-state index is 0.365. The van der Waals surface area contributed by atoms with E-state index in [1.807, 2.05) is 0 Å². The minimum Gasteiger partial charge on any atom is -0.381 e. The number of anilines is 2. The van der Waals surface area contributed by atoms with E-state index in [4.69, 9.17) is 10.5 Å². The van der Waals surface area contributed by atoms with Crippen molar-refractivity contribution in [2.24, 2.45) is 0 Å². The number of nitrogen functional groups attached to an aromatic ring is 1. The molecule has 0 radical (unpaired) electrons. The quantitative estimate of drug-likeness (QED) is 0.867. The average molecular weight is 346 g/mol. The van der Waals surface area contributed by atoms with Crippen LogP contribution < -0.4 is 10.6 Å². The van der Waals surface area contributed by atoms with Gasteiger partial charge in [0, 0.05) is 50.8 Å². The second-order valence-electron chi connectivity index (χ2n) is 7.63. The Balaban J connectivity index is 1.39. The Morgan fingerprint density at radius 2 is 1.80 bits per heavy atom. The zero-order valence-electron chi connectivity index (χ0n) is 15.2. The Hall–Kier alpha value is -1.44. The summed E-state index contributed by atoms with van der Waals surface area (Å²) in [7, 11) is 2.22. The highest BCUT2D eigenvalue weighted by atomic mass is 16.5. The zero-order chi connectivity index (χ0) is 17.2. The van der Waals surface area contributed by atoms with Crippen LogP contribution in [0.25, 0.3) is 0 Å². The molecule has 1 atom stereocenters. The smallest absolute Gasteiger partial charge is 0.222 e. The molecular weight excluding hydrogens is 316 g/mol. The molecule has 4 heterocycles. The highest BCUT2D eigenvalue weighted by Crippen LogP contribution is 2.27. The molecule has 7 heteroatoms. The predicted molar refractivity (Wildman–Crippen MR) is 98.9 cm³/mol. The largest absolute Gasteiger partial charge is 0.381 e. The third kappa shape index (κ3) is 3.88. The van der Waals surface area contributed by atoms with Crippen LogP contribution in [0.4, 0.5) is 11.8 Å². The molecule has 3 aliphatic heterocycles. The van der Waals surface area contributed by atoms with Crippen molar-refractivity contribution in [1.29, 1.82) is 0 Å². The van der Waals surface area contributed by atoms with Crippen molar-refractivity contribution in [3.63, 3.8) is 0 Å². The number of aromatic nitrogens is 2. The van der Waals surface area contributed by atoms with E-state index in [-0.39, 0.29) is 0 Å². The summed E-state index contributed by atoms with van der Waals surface area (Å²) in [6.45, 7) is 8.27. The fourth-order valence-corrected chi connectivity index (χ4v) is 4.29. The Morgan fingerprint density at radius 3 is 2.48 bits per heavy atom. The normalized spacial score (nSPS) is 27.1. The van der Waals surface area contributed by atoms with E-state index < -0.39 is 0 Å². The molecule has 1 aromatic rings. The lowest BCUT2D eigenvalue weighted by Crippen LogP contribution is -2.53. The Kier molecular flexibility index (Phi) is 5.05. The number of hydrogen-bond acceptors (Lipinski definition) is 7. The third-order valence-electron chi connectivity index (χ3n) is 5.94. The van der Waals surface area contributed by atoms with E-state index in [0.717, 1.165) is 63.4 Å². The summed E-state index contributed by atoms with van der Waals surface area (Å²) >= 11 is 0. The first-order valence-electron chi connectivity index (χ1n) is 9.59. The van der Waals surface area contributed by atoms with Gasteiger partial charge in [0.2, 0.25) is 5.95 Å². The monoisotopic (exact) mass is 346 g/mol. The molecule has 1 aromatic heterocycles. The van der Waals surface area contributed by atoms with Crippen LogP contribution in [0.2, 0.25) is 0 Å².